The van der Waals surface area contributed by atoms with Crippen LogP contribution in [0, 0.1) is 20.4 Å². The number of hydrogen-bond donors (Lipinski definition) is 3. The molecule has 184 valence electrons. The number of carbonyl (C=O) groups is 1. The highest BCUT2D eigenvalue weighted by Gasteiger charge is 2.18. The number of rotatable bonds is 15. The van der Waals surface area contributed by atoms with E-state index >= 15 is 0 Å². The molecule has 0 fully saturated rings. The maximum absolute atomic E-state index is 11.6. The van der Waals surface area contributed by atoms with Crippen LogP contribution in [-0.4, -0.2) is 68.9 Å². The Bertz CT molecular complexity index is 1020. The van der Waals surface area contributed by atoms with Gasteiger partial charge in [0, 0.05) is 25.4 Å². The van der Waals surface area contributed by atoms with Gasteiger partial charge in [-0.25, -0.2) is 4.85 Å². The van der Waals surface area contributed by atoms with E-state index in [4.69, 9.17) is 32.0 Å². The topological polar surface area (TPSA) is 134 Å². The summed E-state index contributed by atoms with van der Waals surface area (Å²) in [5, 5.41) is 26.6. The number of aryl methyl sites for hydroxylation is 1. The van der Waals surface area contributed by atoms with Gasteiger partial charge in [0.15, 0.2) is 0 Å². The van der Waals surface area contributed by atoms with E-state index in [1.807, 2.05) is 25.1 Å². The van der Waals surface area contributed by atoms with Crippen molar-refractivity contribution >= 4 is 39.3 Å². The Balaban J connectivity index is 2.17. The van der Waals surface area contributed by atoms with Gasteiger partial charge in [-0.2, -0.15) is 10.2 Å². The molecule has 0 saturated heterocycles. The number of nitrogens with zero attached hydrogens (tertiary/aromatic N) is 4. The largest absolute Gasteiger partial charge is 0.394 e. The predicted octanol–water partition coefficient (Wildman–Crippen LogP) is 3.64. The van der Waals surface area contributed by atoms with E-state index in [0.29, 0.717) is 47.5 Å². The van der Waals surface area contributed by atoms with Crippen LogP contribution in [0.1, 0.15) is 27.2 Å². The van der Waals surface area contributed by atoms with Crippen molar-refractivity contribution in [3.63, 3.8) is 0 Å². The zero-order valence-electron chi connectivity index (χ0n) is 19.5. The van der Waals surface area contributed by atoms with Gasteiger partial charge in [-0.3, -0.25) is 4.79 Å². The molecule has 0 bridgehead atoms. The monoisotopic (exact) mass is 489 g/mol. The second-order valence-electron chi connectivity index (χ2n) is 7.37. The Labute approximate surface area is 203 Å². The standard InChI is InChI=1S/C23H31N5O5S/c1-16-15-18(28(8-12-33-14-10-30)7-4-11-32-13-9-29)5-6-19(16)26-27-23-20(25-3)17(2)21(34-23)22(24)31/h5-6,15,29-30H,4,7-14H2,1-2H3,(H2,24,31). The molecule has 2 rings (SSSR count). The third-order valence-corrected chi connectivity index (χ3v) is 6.10. The predicted molar refractivity (Wildman–Crippen MR) is 132 cm³/mol. The summed E-state index contributed by atoms with van der Waals surface area (Å²) < 4.78 is 10.8. The van der Waals surface area contributed by atoms with Crippen LogP contribution in [0.3, 0.4) is 0 Å². The first-order valence-corrected chi connectivity index (χ1v) is 11.7. The van der Waals surface area contributed by atoms with E-state index in [2.05, 4.69) is 20.0 Å². The first-order chi connectivity index (χ1) is 16.4. The number of carbonyl (C=O) groups excluding carboxylic acids is 1. The molecule has 2 aromatic rings. The van der Waals surface area contributed by atoms with Crippen molar-refractivity contribution in [1.29, 1.82) is 0 Å². The lowest BCUT2D eigenvalue weighted by molar-refractivity contribution is 0.0890. The normalized spacial score (nSPS) is 11.1. The number of amides is 1. The minimum absolute atomic E-state index is 0.000185. The number of anilines is 1. The van der Waals surface area contributed by atoms with Gasteiger partial charge in [0.2, 0.25) is 5.69 Å². The van der Waals surface area contributed by atoms with E-state index in [9.17, 15) is 4.79 Å². The molecule has 4 N–H and O–H groups in total. The number of benzene rings is 1. The van der Waals surface area contributed by atoms with E-state index in [1.54, 1.807) is 6.92 Å². The minimum atomic E-state index is -0.584. The highest BCUT2D eigenvalue weighted by Crippen LogP contribution is 2.42. The summed E-state index contributed by atoms with van der Waals surface area (Å²) in [5.74, 6) is -0.584. The number of aliphatic hydroxyl groups excluding tert-OH is 2. The molecule has 0 saturated carbocycles. The summed E-state index contributed by atoms with van der Waals surface area (Å²) in [6, 6.07) is 5.79. The molecule has 0 atom stereocenters. The summed E-state index contributed by atoms with van der Waals surface area (Å²) in [5.41, 5.74) is 8.72. The van der Waals surface area contributed by atoms with Crippen LogP contribution in [0.4, 0.5) is 22.1 Å². The minimum Gasteiger partial charge on any atom is -0.394 e. The molecule has 0 unspecified atom stereocenters. The number of aliphatic hydroxyl groups is 2. The average Bonchev–Trinajstić information content (AvgIpc) is 3.14. The quantitative estimate of drug-likeness (QED) is 0.199. The first-order valence-electron chi connectivity index (χ1n) is 10.9. The molecular weight excluding hydrogens is 458 g/mol. The molecule has 11 heteroatoms. The number of azo groups is 1. The Hall–Kier alpha value is -2.88. The van der Waals surface area contributed by atoms with Crippen LogP contribution in [0.15, 0.2) is 28.4 Å². The summed E-state index contributed by atoms with van der Waals surface area (Å²) in [6.07, 6.45) is 0.778. The average molecular weight is 490 g/mol. The molecule has 0 radical (unpaired) electrons. The third-order valence-electron chi connectivity index (χ3n) is 4.92. The highest BCUT2D eigenvalue weighted by molar-refractivity contribution is 7.18. The van der Waals surface area contributed by atoms with Crippen LogP contribution in [0.25, 0.3) is 4.85 Å². The lowest BCUT2D eigenvalue weighted by Crippen LogP contribution is -2.29. The van der Waals surface area contributed by atoms with E-state index < -0.39 is 5.91 Å². The van der Waals surface area contributed by atoms with Gasteiger partial charge in [-0.05, 0) is 49.6 Å². The summed E-state index contributed by atoms with van der Waals surface area (Å²) >= 11 is 1.06. The van der Waals surface area contributed by atoms with Gasteiger partial charge >= 0.3 is 0 Å². The molecular formula is C23H31N5O5S. The number of nitrogens with two attached hydrogens (primary N) is 1. The zero-order valence-corrected chi connectivity index (χ0v) is 20.3. The third kappa shape index (κ3) is 7.86. The fraction of sp³-hybridized carbons (Fsp3) is 0.478. The molecule has 10 nitrogen and oxygen atoms in total. The van der Waals surface area contributed by atoms with Crippen molar-refractivity contribution in [2.45, 2.75) is 20.3 Å². The number of ether oxygens (including phenoxy) is 2. The van der Waals surface area contributed by atoms with Crippen molar-refractivity contribution in [2.24, 2.45) is 16.0 Å². The summed E-state index contributed by atoms with van der Waals surface area (Å²) in [4.78, 5) is 17.5. The maximum Gasteiger partial charge on any atom is 0.257 e. The molecule has 0 aliphatic heterocycles. The van der Waals surface area contributed by atoms with Crippen molar-refractivity contribution < 1.29 is 24.5 Å². The van der Waals surface area contributed by atoms with E-state index in [-0.39, 0.29) is 25.5 Å². The molecule has 1 aromatic carbocycles. The highest BCUT2D eigenvalue weighted by atomic mass is 32.1. The summed E-state index contributed by atoms with van der Waals surface area (Å²) in [7, 11) is 0. The molecule has 1 aromatic heterocycles. The fourth-order valence-electron chi connectivity index (χ4n) is 3.21. The summed E-state index contributed by atoms with van der Waals surface area (Å²) in [6.45, 7) is 13.9. The molecule has 0 aliphatic carbocycles. The second kappa shape index (κ2) is 14.4. The van der Waals surface area contributed by atoms with E-state index in [1.165, 1.54) is 0 Å². The SMILES string of the molecule is [C-]#[N+]c1c(N=Nc2ccc(N(CCCOCCO)CCOCCO)cc2C)sc(C(N)=O)c1C. The molecule has 0 spiro atoms. The van der Waals surface area contributed by atoms with Gasteiger partial charge < -0.3 is 30.3 Å². The fourth-order valence-corrected chi connectivity index (χ4v) is 4.13. The maximum atomic E-state index is 11.6. The van der Waals surface area contributed by atoms with Crippen LogP contribution in [0.2, 0.25) is 0 Å². The Kier molecular flexibility index (Phi) is 11.6. The van der Waals surface area contributed by atoms with Gasteiger partial charge in [0.1, 0.15) is 5.00 Å². The van der Waals surface area contributed by atoms with Gasteiger partial charge in [-0.15, -0.1) is 11.3 Å². The van der Waals surface area contributed by atoms with Gasteiger partial charge in [0.25, 0.3) is 5.91 Å². The lowest BCUT2D eigenvalue weighted by atomic mass is 10.1. The number of primary amides is 1. The van der Waals surface area contributed by atoms with Gasteiger partial charge in [0.05, 0.1) is 50.2 Å². The molecule has 34 heavy (non-hydrogen) atoms. The van der Waals surface area contributed by atoms with Crippen molar-refractivity contribution in [1.82, 2.24) is 0 Å². The zero-order chi connectivity index (χ0) is 24.9. The smallest absolute Gasteiger partial charge is 0.257 e. The lowest BCUT2D eigenvalue weighted by Gasteiger charge is -2.25. The Morgan fingerprint density at radius 1 is 1.12 bits per heavy atom. The molecule has 0 aliphatic rings. The van der Waals surface area contributed by atoms with Crippen molar-refractivity contribution in [3.05, 3.63) is 45.6 Å². The number of hydrogen-bond acceptors (Lipinski definition) is 9. The van der Waals surface area contributed by atoms with Crippen LogP contribution >= 0.6 is 11.3 Å². The Morgan fingerprint density at radius 3 is 2.44 bits per heavy atom. The van der Waals surface area contributed by atoms with Gasteiger partial charge in [-0.1, -0.05) is 0 Å². The number of thiophene rings is 1. The molecule has 1 amide bonds. The van der Waals surface area contributed by atoms with Crippen molar-refractivity contribution in [3.8, 4) is 0 Å². The first kappa shape index (κ1) is 27.4. The van der Waals surface area contributed by atoms with Crippen LogP contribution in [-0.2, 0) is 9.47 Å². The van der Waals surface area contributed by atoms with E-state index in [0.717, 1.165) is 35.6 Å². The van der Waals surface area contributed by atoms with Crippen molar-refractivity contribution in [2.75, 3.05) is 57.6 Å². The Morgan fingerprint density at radius 2 is 1.82 bits per heavy atom. The molecule has 1 heterocycles. The van der Waals surface area contributed by atoms with Crippen LogP contribution < -0.4 is 10.6 Å². The second-order valence-corrected chi connectivity index (χ2v) is 8.37. The van der Waals surface area contributed by atoms with Crippen LogP contribution in [0.5, 0.6) is 0 Å².